The second kappa shape index (κ2) is 8.51. The van der Waals surface area contributed by atoms with E-state index >= 15 is 0 Å². The van der Waals surface area contributed by atoms with Crippen LogP contribution < -0.4 is 10.1 Å². The first-order valence-electron chi connectivity index (χ1n) is 9.55. The van der Waals surface area contributed by atoms with Crippen LogP contribution in [-0.4, -0.2) is 27.8 Å². The number of carbonyl (C=O) groups is 1. The van der Waals surface area contributed by atoms with Gasteiger partial charge < -0.3 is 10.1 Å². The van der Waals surface area contributed by atoms with Crippen molar-refractivity contribution in [1.29, 1.82) is 0 Å². The van der Waals surface area contributed by atoms with Gasteiger partial charge in [0.2, 0.25) is 11.0 Å². The van der Waals surface area contributed by atoms with Gasteiger partial charge in [-0.1, -0.05) is 30.3 Å². The molecule has 1 N–H and O–H groups in total. The van der Waals surface area contributed by atoms with Gasteiger partial charge >= 0.3 is 0 Å². The SMILES string of the molecule is COc1ccc(NC(=O)Cc2c(C)nn(-c3nc(-c4ccccc4)cs3)c2C)cc1. The van der Waals surface area contributed by atoms with E-state index in [1.165, 1.54) is 11.3 Å². The average Bonchev–Trinajstić information content (AvgIpc) is 3.35. The van der Waals surface area contributed by atoms with Crippen molar-refractivity contribution in [3.8, 4) is 22.1 Å². The summed E-state index contributed by atoms with van der Waals surface area (Å²) in [6, 6.07) is 17.3. The Labute approximate surface area is 179 Å². The van der Waals surface area contributed by atoms with Crippen LogP contribution in [0.2, 0.25) is 0 Å². The van der Waals surface area contributed by atoms with Crippen LogP contribution in [0.1, 0.15) is 17.0 Å². The maximum absolute atomic E-state index is 12.6. The number of thiazole rings is 1. The monoisotopic (exact) mass is 418 g/mol. The van der Waals surface area contributed by atoms with Gasteiger partial charge in [-0.3, -0.25) is 4.79 Å². The van der Waals surface area contributed by atoms with Crippen molar-refractivity contribution in [3.63, 3.8) is 0 Å². The van der Waals surface area contributed by atoms with E-state index in [1.54, 1.807) is 7.11 Å². The van der Waals surface area contributed by atoms with Gasteiger partial charge in [-0.25, -0.2) is 9.67 Å². The molecule has 0 spiro atoms. The van der Waals surface area contributed by atoms with Crippen LogP contribution >= 0.6 is 11.3 Å². The zero-order valence-corrected chi connectivity index (χ0v) is 17.9. The molecule has 30 heavy (non-hydrogen) atoms. The molecule has 0 fully saturated rings. The first-order valence-corrected chi connectivity index (χ1v) is 10.4. The highest BCUT2D eigenvalue weighted by atomic mass is 32.1. The summed E-state index contributed by atoms with van der Waals surface area (Å²) in [6.45, 7) is 3.89. The fourth-order valence-electron chi connectivity index (χ4n) is 3.26. The number of aryl methyl sites for hydroxylation is 1. The Morgan fingerprint density at radius 3 is 2.53 bits per heavy atom. The highest BCUT2D eigenvalue weighted by Gasteiger charge is 2.18. The number of nitrogens with one attached hydrogen (secondary N) is 1. The lowest BCUT2D eigenvalue weighted by atomic mass is 10.1. The Kier molecular flexibility index (Phi) is 5.63. The molecule has 6 nitrogen and oxygen atoms in total. The topological polar surface area (TPSA) is 69.0 Å². The molecule has 0 saturated carbocycles. The molecular formula is C23H22N4O2S. The molecule has 4 aromatic rings. The molecule has 0 bridgehead atoms. The van der Waals surface area contributed by atoms with Crippen molar-refractivity contribution in [3.05, 3.63) is 76.9 Å². The minimum absolute atomic E-state index is 0.0879. The maximum Gasteiger partial charge on any atom is 0.228 e. The highest BCUT2D eigenvalue weighted by Crippen LogP contribution is 2.26. The first-order chi connectivity index (χ1) is 14.5. The first kappa shape index (κ1) is 19.8. The summed E-state index contributed by atoms with van der Waals surface area (Å²) in [6.07, 6.45) is 0.251. The molecule has 4 rings (SSSR count). The Morgan fingerprint density at radius 1 is 1.10 bits per heavy atom. The lowest BCUT2D eigenvalue weighted by Gasteiger charge is -2.07. The van der Waals surface area contributed by atoms with Gasteiger partial charge in [-0.2, -0.15) is 5.10 Å². The average molecular weight is 419 g/mol. The van der Waals surface area contributed by atoms with Gasteiger partial charge in [-0.05, 0) is 38.1 Å². The molecule has 2 heterocycles. The zero-order valence-electron chi connectivity index (χ0n) is 17.0. The van der Waals surface area contributed by atoms with Crippen LogP contribution in [0.4, 0.5) is 5.69 Å². The van der Waals surface area contributed by atoms with E-state index in [1.807, 2.05) is 78.5 Å². The zero-order chi connectivity index (χ0) is 21.1. The molecule has 2 aromatic heterocycles. The summed E-state index contributed by atoms with van der Waals surface area (Å²) < 4.78 is 6.97. The molecule has 1 amide bonds. The number of aromatic nitrogens is 3. The number of hydrogen-bond acceptors (Lipinski definition) is 5. The molecule has 0 saturated heterocycles. The normalized spacial score (nSPS) is 10.8. The van der Waals surface area contributed by atoms with Crippen molar-refractivity contribution in [2.75, 3.05) is 12.4 Å². The van der Waals surface area contributed by atoms with Gasteiger partial charge in [0.25, 0.3) is 0 Å². The van der Waals surface area contributed by atoms with E-state index in [0.29, 0.717) is 0 Å². The molecule has 0 aliphatic rings. The van der Waals surface area contributed by atoms with Crippen LogP contribution in [0, 0.1) is 13.8 Å². The summed E-state index contributed by atoms with van der Waals surface area (Å²) >= 11 is 1.54. The smallest absolute Gasteiger partial charge is 0.228 e. The minimum Gasteiger partial charge on any atom is -0.497 e. The summed E-state index contributed by atoms with van der Waals surface area (Å²) in [4.78, 5) is 17.3. The predicted octanol–water partition coefficient (Wildman–Crippen LogP) is 4.80. The van der Waals surface area contributed by atoms with E-state index < -0.39 is 0 Å². The maximum atomic E-state index is 12.6. The quantitative estimate of drug-likeness (QED) is 0.488. The third-order valence-electron chi connectivity index (χ3n) is 4.90. The van der Waals surface area contributed by atoms with Gasteiger partial charge in [0.1, 0.15) is 5.75 Å². The van der Waals surface area contributed by atoms with Crippen molar-refractivity contribution < 1.29 is 9.53 Å². The molecule has 0 radical (unpaired) electrons. The van der Waals surface area contributed by atoms with Crippen LogP contribution in [0.15, 0.2) is 60.0 Å². The highest BCUT2D eigenvalue weighted by molar-refractivity contribution is 7.12. The third kappa shape index (κ3) is 4.11. The minimum atomic E-state index is -0.0879. The van der Waals surface area contributed by atoms with Crippen LogP contribution in [-0.2, 0) is 11.2 Å². The predicted molar refractivity (Wildman–Crippen MR) is 119 cm³/mol. The number of amides is 1. The number of ether oxygens (including phenoxy) is 1. The van der Waals surface area contributed by atoms with E-state index in [0.717, 1.165) is 44.8 Å². The van der Waals surface area contributed by atoms with Crippen molar-refractivity contribution in [2.24, 2.45) is 0 Å². The number of benzene rings is 2. The fourth-order valence-corrected chi connectivity index (χ4v) is 4.09. The molecule has 0 aliphatic heterocycles. The lowest BCUT2D eigenvalue weighted by Crippen LogP contribution is -2.15. The molecule has 0 unspecified atom stereocenters. The number of carbonyl (C=O) groups excluding carboxylic acids is 1. The van der Waals surface area contributed by atoms with Gasteiger partial charge in [0.15, 0.2) is 0 Å². The second-order valence-electron chi connectivity index (χ2n) is 6.90. The molecule has 0 atom stereocenters. The molecule has 7 heteroatoms. The molecular weight excluding hydrogens is 396 g/mol. The Balaban J connectivity index is 1.52. The van der Waals surface area contributed by atoms with E-state index in [9.17, 15) is 4.79 Å². The number of hydrogen-bond donors (Lipinski definition) is 1. The number of methoxy groups -OCH3 is 1. The van der Waals surface area contributed by atoms with Gasteiger partial charge in [-0.15, -0.1) is 11.3 Å². The van der Waals surface area contributed by atoms with Crippen molar-refractivity contribution >= 4 is 22.9 Å². The Bertz CT molecular complexity index is 1160. The largest absolute Gasteiger partial charge is 0.497 e. The molecule has 2 aromatic carbocycles. The summed E-state index contributed by atoms with van der Waals surface area (Å²) in [5.41, 5.74) is 5.39. The Hall–Kier alpha value is -3.45. The second-order valence-corrected chi connectivity index (χ2v) is 7.73. The lowest BCUT2D eigenvalue weighted by molar-refractivity contribution is -0.115. The Morgan fingerprint density at radius 2 is 1.83 bits per heavy atom. The van der Waals surface area contributed by atoms with Gasteiger partial charge in [0, 0.05) is 27.9 Å². The summed E-state index contributed by atoms with van der Waals surface area (Å²) in [5, 5.41) is 10.4. The number of rotatable bonds is 6. The number of nitrogens with zero attached hydrogens (tertiary/aromatic N) is 3. The van der Waals surface area contributed by atoms with Crippen LogP contribution in [0.5, 0.6) is 5.75 Å². The fraction of sp³-hybridized carbons (Fsp3) is 0.174. The van der Waals surface area contributed by atoms with Crippen molar-refractivity contribution in [1.82, 2.24) is 14.8 Å². The number of anilines is 1. The summed E-state index contributed by atoms with van der Waals surface area (Å²) in [7, 11) is 1.61. The van der Waals surface area contributed by atoms with E-state index in [4.69, 9.17) is 9.72 Å². The molecule has 152 valence electrons. The van der Waals surface area contributed by atoms with Gasteiger partial charge in [0.05, 0.1) is 24.9 Å². The third-order valence-corrected chi connectivity index (χ3v) is 5.71. The standard InChI is InChI=1S/C23H22N4O2S/c1-15-20(13-22(28)24-18-9-11-19(29-3)12-10-18)16(2)27(26-15)23-25-21(14-30-23)17-7-5-4-6-8-17/h4-12,14H,13H2,1-3H3,(H,24,28). The van der Waals surface area contributed by atoms with E-state index in [-0.39, 0.29) is 12.3 Å². The molecule has 0 aliphatic carbocycles. The van der Waals surface area contributed by atoms with Crippen LogP contribution in [0.25, 0.3) is 16.4 Å². The van der Waals surface area contributed by atoms with Crippen LogP contribution in [0.3, 0.4) is 0 Å². The summed E-state index contributed by atoms with van der Waals surface area (Å²) in [5.74, 6) is 0.661. The van der Waals surface area contributed by atoms with E-state index in [2.05, 4.69) is 10.4 Å². The van der Waals surface area contributed by atoms with Crippen molar-refractivity contribution in [2.45, 2.75) is 20.3 Å².